The molecule has 1 unspecified atom stereocenters. The van der Waals surface area contributed by atoms with Gasteiger partial charge in [-0.2, -0.15) is 0 Å². The minimum atomic E-state index is -0.620. The van der Waals surface area contributed by atoms with E-state index < -0.39 is 6.04 Å². The highest BCUT2D eigenvalue weighted by Crippen LogP contribution is 2.32. The van der Waals surface area contributed by atoms with Gasteiger partial charge in [0.05, 0.1) is 0 Å². The van der Waals surface area contributed by atoms with E-state index >= 15 is 0 Å². The Balaban J connectivity index is 1.44. The van der Waals surface area contributed by atoms with Crippen LogP contribution in [0.1, 0.15) is 50.2 Å². The molecule has 0 bridgehead atoms. The van der Waals surface area contributed by atoms with Crippen LogP contribution in [-0.4, -0.2) is 35.6 Å². The molecule has 7 heteroatoms. The number of aryl methyl sites for hydroxylation is 1. The molecule has 170 valence electrons. The Morgan fingerprint density at radius 1 is 1.06 bits per heavy atom. The first kappa shape index (κ1) is 22.1. The molecule has 1 atom stereocenters. The van der Waals surface area contributed by atoms with Gasteiger partial charge in [0, 0.05) is 19.0 Å². The van der Waals surface area contributed by atoms with Crippen molar-refractivity contribution in [1.29, 1.82) is 0 Å². The first-order valence-corrected chi connectivity index (χ1v) is 11.2. The fraction of sp³-hybridized carbons (Fsp3) is 0.440. The first-order valence-electron chi connectivity index (χ1n) is 11.2. The molecule has 32 heavy (non-hydrogen) atoms. The summed E-state index contributed by atoms with van der Waals surface area (Å²) in [5.74, 6) is 0.788. The van der Waals surface area contributed by atoms with Crippen molar-refractivity contribution in [3.8, 4) is 11.5 Å². The zero-order valence-electron chi connectivity index (χ0n) is 18.3. The summed E-state index contributed by atoms with van der Waals surface area (Å²) in [5.41, 5.74) is 1.75. The van der Waals surface area contributed by atoms with Crippen LogP contribution in [0.2, 0.25) is 0 Å². The van der Waals surface area contributed by atoms with E-state index in [0.29, 0.717) is 17.9 Å². The Morgan fingerprint density at radius 2 is 1.75 bits per heavy atom. The van der Waals surface area contributed by atoms with Crippen LogP contribution in [-0.2, 0) is 22.6 Å². The molecule has 1 aliphatic heterocycles. The molecule has 0 aromatic heterocycles. The maximum absolute atomic E-state index is 13.3. The van der Waals surface area contributed by atoms with Gasteiger partial charge in [0.2, 0.25) is 18.6 Å². The van der Waals surface area contributed by atoms with Gasteiger partial charge < -0.3 is 19.7 Å². The van der Waals surface area contributed by atoms with Crippen molar-refractivity contribution in [3.63, 3.8) is 0 Å². The summed E-state index contributed by atoms with van der Waals surface area (Å²) in [5, 5.41) is 3.09. The van der Waals surface area contributed by atoms with Crippen molar-refractivity contribution in [1.82, 2.24) is 10.2 Å². The van der Waals surface area contributed by atoms with Crippen LogP contribution in [0.15, 0.2) is 42.5 Å². The van der Waals surface area contributed by atoms with Gasteiger partial charge in [-0.1, -0.05) is 31.0 Å². The number of amides is 2. The van der Waals surface area contributed by atoms with Crippen LogP contribution in [0.3, 0.4) is 0 Å². The minimum Gasteiger partial charge on any atom is -0.454 e. The fourth-order valence-electron chi connectivity index (χ4n) is 4.25. The average molecular weight is 441 g/mol. The summed E-state index contributed by atoms with van der Waals surface area (Å²) in [6.45, 7) is 2.21. The molecule has 1 heterocycles. The van der Waals surface area contributed by atoms with Gasteiger partial charge in [-0.25, -0.2) is 4.39 Å². The highest BCUT2D eigenvalue weighted by molar-refractivity contribution is 5.87. The van der Waals surface area contributed by atoms with Crippen molar-refractivity contribution in [2.24, 2.45) is 0 Å². The van der Waals surface area contributed by atoms with Crippen LogP contribution < -0.4 is 14.8 Å². The third kappa shape index (κ3) is 5.39. The van der Waals surface area contributed by atoms with Crippen molar-refractivity contribution >= 4 is 11.8 Å². The van der Waals surface area contributed by atoms with Crippen LogP contribution >= 0.6 is 0 Å². The van der Waals surface area contributed by atoms with Gasteiger partial charge >= 0.3 is 0 Å². The Labute approximate surface area is 187 Å². The van der Waals surface area contributed by atoms with Crippen LogP contribution in [0.25, 0.3) is 0 Å². The third-order valence-electron chi connectivity index (χ3n) is 6.20. The topological polar surface area (TPSA) is 67.9 Å². The zero-order chi connectivity index (χ0) is 22.5. The summed E-state index contributed by atoms with van der Waals surface area (Å²) < 4.78 is 24.1. The largest absolute Gasteiger partial charge is 0.454 e. The Bertz CT molecular complexity index is 957. The van der Waals surface area contributed by atoms with E-state index in [9.17, 15) is 14.0 Å². The lowest BCUT2D eigenvalue weighted by atomic mass is 10.1. The lowest BCUT2D eigenvalue weighted by Crippen LogP contribution is -2.49. The number of carbonyl (C=O) groups is 2. The van der Waals surface area contributed by atoms with E-state index in [2.05, 4.69) is 5.32 Å². The summed E-state index contributed by atoms with van der Waals surface area (Å²) >= 11 is 0. The van der Waals surface area contributed by atoms with Gasteiger partial charge in [0.25, 0.3) is 0 Å². The summed E-state index contributed by atoms with van der Waals surface area (Å²) in [4.78, 5) is 27.7. The van der Waals surface area contributed by atoms with Crippen molar-refractivity contribution in [3.05, 3.63) is 59.4 Å². The maximum Gasteiger partial charge on any atom is 0.242 e. The molecule has 2 amide bonds. The van der Waals surface area contributed by atoms with Crippen LogP contribution in [0, 0.1) is 5.82 Å². The molecule has 4 rings (SSSR count). The summed E-state index contributed by atoms with van der Waals surface area (Å²) in [7, 11) is 0. The predicted molar refractivity (Wildman–Crippen MR) is 118 cm³/mol. The molecule has 1 aliphatic carbocycles. The maximum atomic E-state index is 13.3. The average Bonchev–Trinajstić information content (AvgIpc) is 3.48. The Morgan fingerprint density at radius 3 is 2.50 bits per heavy atom. The van der Waals surface area contributed by atoms with Crippen molar-refractivity contribution in [2.45, 2.75) is 64.1 Å². The number of rotatable bonds is 8. The van der Waals surface area contributed by atoms with Gasteiger partial charge in [0.1, 0.15) is 11.9 Å². The monoisotopic (exact) mass is 440 g/mol. The minimum absolute atomic E-state index is 0.124. The lowest BCUT2D eigenvalue weighted by molar-refractivity contribution is -0.140. The van der Waals surface area contributed by atoms with Crippen molar-refractivity contribution < 1.29 is 23.5 Å². The first-order chi connectivity index (χ1) is 15.5. The molecule has 0 radical (unpaired) electrons. The smallest absolute Gasteiger partial charge is 0.242 e. The van der Waals surface area contributed by atoms with Gasteiger partial charge in [-0.15, -0.1) is 0 Å². The van der Waals surface area contributed by atoms with E-state index in [-0.39, 0.29) is 43.4 Å². The molecule has 2 aliphatic rings. The molecule has 2 aromatic carbocycles. The second-order valence-electron chi connectivity index (χ2n) is 8.50. The number of ether oxygens (including phenoxy) is 2. The number of halogens is 1. The highest BCUT2D eigenvalue weighted by Gasteiger charge is 2.28. The van der Waals surface area contributed by atoms with Gasteiger partial charge in [0.15, 0.2) is 11.5 Å². The van der Waals surface area contributed by atoms with E-state index in [1.165, 1.54) is 12.1 Å². The number of hydrogen-bond acceptors (Lipinski definition) is 4. The van der Waals surface area contributed by atoms with Gasteiger partial charge in [-0.3, -0.25) is 9.59 Å². The second-order valence-corrected chi connectivity index (χ2v) is 8.50. The standard InChI is InChI=1S/C25H29FN2O4/c1-17(25(30)27-21-4-2-3-5-21)28(15-19-6-10-20(26)11-7-19)24(29)13-9-18-8-12-22-23(14-18)32-16-31-22/h6-8,10-12,14,17,21H,2-5,9,13,15-16H2,1H3,(H,27,30). The predicted octanol–water partition coefficient (Wildman–Crippen LogP) is 3.96. The number of fused-ring (bicyclic) bond motifs is 1. The normalized spacial score (nSPS) is 16.1. The molecule has 1 saturated carbocycles. The number of nitrogens with one attached hydrogen (secondary N) is 1. The SMILES string of the molecule is CC(C(=O)NC1CCCC1)N(Cc1ccc(F)cc1)C(=O)CCc1ccc2c(c1)OCO2. The molecule has 0 saturated heterocycles. The van der Waals surface area contributed by atoms with Crippen LogP contribution in [0.4, 0.5) is 4.39 Å². The molecular formula is C25H29FN2O4. The number of benzene rings is 2. The second kappa shape index (κ2) is 10.0. The highest BCUT2D eigenvalue weighted by atomic mass is 19.1. The summed E-state index contributed by atoms with van der Waals surface area (Å²) in [6, 6.07) is 11.2. The van der Waals surface area contributed by atoms with E-state index in [0.717, 1.165) is 36.8 Å². The fourth-order valence-corrected chi connectivity index (χ4v) is 4.25. The molecule has 6 nitrogen and oxygen atoms in total. The van der Waals surface area contributed by atoms with E-state index in [1.807, 2.05) is 18.2 Å². The number of carbonyl (C=O) groups excluding carboxylic acids is 2. The van der Waals surface area contributed by atoms with Gasteiger partial charge in [-0.05, 0) is 61.6 Å². The third-order valence-corrected chi connectivity index (χ3v) is 6.20. The molecular weight excluding hydrogens is 411 g/mol. The summed E-state index contributed by atoms with van der Waals surface area (Å²) in [6.07, 6.45) is 4.97. The van der Waals surface area contributed by atoms with E-state index in [4.69, 9.17) is 9.47 Å². The number of nitrogens with zero attached hydrogens (tertiary/aromatic N) is 1. The lowest BCUT2D eigenvalue weighted by Gasteiger charge is -2.30. The Kier molecular flexibility index (Phi) is 6.93. The molecule has 0 spiro atoms. The Hall–Kier alpha value is -3.09. The van der Waals surface area contributed by atoms with E-state index in [1.54, 1.807) is 24.0 Å². The number of hydrogen-bond donors (Lipinski definition) is 1. The zero-order valence-corrected chi connectivity index (χ0v) is 18.3. The van der Waals surface area contributed by atoms with Crippen molar-refractivity contribution in [2.75, 3.05) is 6.79 Å². The van der Waals surface area contributed by atoms with Crippen LogP contribution in [0.5, 0.6) is 11.5 Å². The molecule has 1 N–H and O–H groups in total. The molecule has 2 aromatic rings. The quantitative estimate of drug-likeness (QED) is 0.675. The molecule has 1 fully saturated rings.